The molecule has 7 atom stereocenters. The Bertz CT molecular complexity index is 1550. The number of unbranched alkanes of at least 4 members (excludes halogenated alkanes) is 37. The van der Waals surface area contributed by atoms with Gasteiger partial charge in [-0.2, -0.15) is 0 Å². The molecule has 1 fully saturated rings. The van der Waals surface area contributed by atoms with Gasteiger partial charge in [-0.25, -0.2) is 0 Å². The molecule has 0 saturated carbocycles. The minimum atomic E-state index is -1.58. The van der Waals surface area contributed by atoms with Crippen LogP contribution in [0.5, 0.6) is 0 Å². The van der Waals surface area contributed by atoms with Crippen LogP contribution in [0.15, 0.2) is 85.1 Å². The number of nitrogens with one attached hydrogen (secondary N) is 1. The lowest BCUT2D eigenvalue weighted by atomic mass is 9.99. The molecule has 6 N–H and O–H groups in total. The normalized spacial score (nSPS) is 18.9. The topological polar surface area (TPSA) is 149 Å². The lowest BCUT2D eigenvalue weighted by molar-refractivity contribution is -0.302. The molecule has 0 aliphatic carbocycles. The maximum atomic E-state index is 13.1. The van der Waals surface area contributed by atoms with Gasteiger partial charge in [0.2, 0.25) is 5.91 Å². The number of carbonyl (C=O) groups excluding carboxylic acids is 1. The van der Waals surface area contributed by atoms with Crippen molar-refractivity contribution in [2.75, 3.05) is 13.2 Å². The van der Waals surface area contributed by atoms with Crippen molar-refractivity contribution >= 4 is 5.91 Å². The summed E-state index contributed by atoms with van der Waals surface area (Å²) in [5, 5.41) is 54.6. The summed E-state index contributed by atoms with van der Waals surface area (Å²) in [6.45, 7) is 3.66. The molecule has 1 aliphatic heterocycles. The molecule has 81 heavy (non-hydrogen) atoms. The van der Waals surface area contributed by atoms with Crippen LogP contribution in [0.4, 0.5) is 0 Å². The van der Waals surface area contributed by atoms with E-state index in [0.717, 1.165) is 77.0 Å². The molecule has 1 heterocycles. The van der Waals surface area contributed by atoms with Crippen molar-refractivity contribution in [3.8, 4) is 0 Å². The van der Waals surface area contributed by atoms with Crippen molar-refractivity contribution in [1.82, 2.24) is 5.32 Å². The van der Waals surface area contributed by atoms with E-state index < -0.39 is 49.5 Å². The smallest absolute Gasteiger partial charge is 0.220 e. The molecule has 1 amide bonds. The summed E-state index contributed by atoms with van der Waals surface area (Å²) >= 11 is 0. The third kappa shape index (κ3) is 49.4. The second kappa shape index (κ2) is 60.5. The summed E-state index contributed by atoms with van der Waals surface area (Å²) in [5.74, 6) is -0.187. The summed E-state index contributed by atoms with van der Waals surface area (Å²) in [6, 6.07) is -0.830. The third-order valence-electron chi connectivity index (χ3n) is 15.9. The van der Waals surface area contributed by atoms with E-state index in [0.29, 0.717) is 6.42 Å². The van der Waals surface area contributed by atoms with Gasteiger partial charge >= 0.3 is 0 Å². The van der Waals surface area contributed by atoms with Crippen molar-refractivity contribution in [2.45, 2.75) is 352 Å². The van der Waals surface area contributed by atoms with Gasteiger partial charge in [-0.15, -0.1) is 0 Å². The number of rotatable bonds is 59. The van der Waals surface area contributed by atoms with E-state index in [2.05, 4.69) is 92.1 Å². The number of hydrogen-bond acceptors (Lipinski definition) is 8. The predicted octanol–water partition coefficient (Wildman–Crippen LogP) is 18.5. The number of ether oxygens (including phenoxy) is 2. The van der Waals surface area contributed by atoms with Crippen molar-refractivity contribution in [3.63, 3.8) is 0 Å². The lowest BCUT2D eigenvalue weighted by Gasteiger charge is -2.40. The maximum Gasteiger partial charge on any atom is 0.220 e. The highest BCUT2D eigenvalue weighted by molar-refractivity contribution is 5.76. The molecule has 0 aromatic rings. The van der Waals surface area contributed by atoms with Crippen molar-refractivity contribution in [3.05, 3.63) is 85.1 Å². The van der Waals surface area contributed by atoms with Gasteiger partial charge in [0.1, 0.15) is 24.4 Å². The largest absolute Gasteiger partial charge is 0.394 e. The van der Waals surface area contributed by atoms with Gasteiger partial charge in [0.05, 0.1) is 25.4 Å². The fourth-order valence-corrected chi connectivity index (χ4v) is 10.6. The quantitative estimate of drug-likeness (QED) is 0.0261. The first-order chi connectivity index (χ1) is 39.8. The fraction of sp³-hybridized carbons (Fsp3) is 0.792. The monoisotopic (exact) mass is 1140 g/mol. The van der Waals surface area contributed by atoms with Gasteiger partial charge in [0.25, 0.3) is 0 Å². The zero-order valence-electron chi connectivity index (χ0n) is 52.5. The number of aliphatic hydroxyl groups is 5. The van der Waals surface area contributed by atoms with Crippen LogP contribution in [0.2, 0.25) is 0 Å². The van der Waals surface area contributed by atoms with Crippen LogP contribution in [0.1, 0.15) is 309 Å². The molecule has 0 aromatic carbocycles. The van der Waals surface area contributed by atoms with Gasteiger partial charge in [0, 0.05) is 6.42 Å². The van der Waals surface area contributed by atoms with Crippen LogP contribution >= 0.6 is 0 Å². The van der Waals surface area contributed by atoms with Gasteiger partial charge < -0.3 is 40.3 Å². The molecule has 9 nitrogen and oxygen atoms in total. The molecule has 470 valence electrons. The summed E-state index contributed by atoms with van der Waals surface area (Å²) in [6.07, 6.45) is 79.9. The first-order valence-electron chi connectivity index (χ1n) is 34.3. The minimum Gasteiger partial charge on any atom is -0.394 e. The molecule has 1 rings (SSSR count). The van der Waals surface area contributed by atoms with E-state index in [-0.39, 0.29) is 12.5 Å². The molecule has 0 aromatic heterocycles. The first-order valence-corrected chi connectivity index (χ1v) is 34.3. The Labute approximate surface area is 499 Å². The average molecular weight is 1140 g/mol. The highest BCUT2D eigenvalue weighted by Gasteiger charge is 2.44. The molecule has 0 bridgehead atoms. The highest BCUT2D eigenvalue weighted by atomic mass is 16.7. The van der Waals surface area contributed by atoms with Gasteiger partial charge in [-0.05, 0) is 83.5 Å². The molecule has 1 aliphatic rings. The lowest BCUT2D eigenvalue weighted by Crippen LogP contribution is -2.60. The van der Waals surface area contributed by atoms with Crippen molar-refractivity contribution in [1.29, 1.82) is 0 Å². The maximum absolute atomic E-state index is 13.1. The van der Waals surface area contributed by atoms with Gasteiger partial charge in [-0.1, -0.05) is 304 Å². The van der Waals surface area contributed by atoms with Crippen molar-refractivity contribution in [2.24, 2.45) is 0 Å². The Kier molecular flexibility index (Phi) is 57.0. The van der Waals surface area contributed by atoms with Gasteiger partial charge in [0.15, 0.2) is 6.29 Å². The van der Waals surface area contributed by atoms with E-state index in [9.17, 15) is 30.3 Å². The molecular weight excluding hydrogens is 1010 g/mol. The summed E-state index contributed by atoms with van der Waals surface area (Å²) < 4.78 is 11.3. The standard InChI is InChI=1S/C72H129NO8/c1-3-5-7-9-11-13-15-17-19-21-22-23-24-25-26-27-28-29-30-31-32-33-34-35-36-37-38-39-40-41-42-43-44-46-48-50-52-54-56-58-60-62-68(76)73-65(64-80-72-71(79)70(78)69(77)67(63-74)81-72)66(75)61-59-57-55-53-51-49-47-45-20-18-16-14-12-10-8-6-4-2/h5,7,11,13,17,19-20,22-23,45,51,53,59,61,65-67,69-72,74-75,77-79H,3-4,6,8-10,12,14-16,18,21,24-44,46-50,52,54-58,60,62-64H2,1-2H3,(H,73,76)/b7-5-,13-11-,19-17-,23-22-,45-20+,53-51+,61-59+. The Morgan fingerprint density at radius 1 is 0.432 bits per heavy atom. The van der Waals surface area contributed by atoms with Crippen LogP contribution in [0.25, 0.3) is 0 Å². The molecule has 9 heteroatoms. The SMILES string of the molecule is CC/C=C\C/C=C\C/C=C\C/C=C\CCCCCCCCCCCCCCCCCCCCCCCCCCCCCCC(=O)NC(COC1OC(CO)C(O)C(O)C1O)C(O)/C=C/CC/C=C/CC/C=C/CCCCCCCCC. The number of aliphatic hydroxyl groups excluding tert-OH is 5. The Morgan fingerprint density at radius 2 is 0.778 bits per heavy atom. The Hall–Kier alpha value is -2.63. The second-order valence-corrected chi connectivity index (χ2v) is 23.6. The van der Waals surface area contributed by atoms with Crippen LogP contribution in [0.3, 0.4) is 0 Å². The molecular formula is C72H129NO8. The number of allylic oxidation sites excluding steroid dienone is 13. The highest BCUT2D eigenvalue weighted by Crippen LogP contribution is 2.23. The van der Waals surface area contributed by atoms with E-state index in [1.165, 1.54) is 212 Å². The fourth-order valence-electron chi connectivity index (χ4n) is 10.6. The number of hydrogen-bond donors (Lipinski definition) is 6. The van der Waals surface area contributed by atoms with E-state index in [1.807, 2.05) is 6.08 Å². The average Bonchev–Trinajstić information content (AvgIpc) is 3.49. The number of amides is 1. The van der Waals surface area contributed by atoms with Crippen LogP contribution in [-0.2, 0) is 14.3 Å². The first kappa shape index (κ1) is 76.4. The zero-order chi connectivity index (χ0) is 58.6. The van der Waals surface area contributed by atoms with Crippen LogP contribution in [0, 0.1) is 0 Å². The minimum absolute atomic E-state index is 0.187. The van der Waals surface area contributed by atoms with Gasteiger partial charge in [-0.3, -0.25) is 4.79 Å². The summed E-state index contributed by atoms with van der Waals surface area (Å²) in [7, 11) is 0. The second-order valence-electron chi connectivity index (χ2n) is 23.6. The molecule has 1 saturated heterocycles. The molecule has 7 unspecified atom stereocenters. The van der Waals surface area contributed by atoms with E-state index in [1.54, 1.807) is 6.08 Å². The molecule has 0 radical (unpaired) electrons. The van der Waals surface area contributed by atoms with Crippen LogP contribution in [-0.4, -0.2) is 87.5 Å². The van der Waals surface area contributed by atoms with Crippen molar-refractivity contribution < 1.29 is 39.8 Å². The predicted molar refractivity (Wildman–Crippen MR) is 345 cm³/mol. The zero-order valence-corrected chi connectivity index (χ0v) is 52.5. The third-order valence-corrected chi connectivity index (χ3v) is 15.9. The van der Waals surface area contributed by atoms with E-state index >= 15 is 0 Å². The van der Waals surface area contributed by atoms with Crippen LogP contribution < -0.4 is 5.32 Å². The molecule has 0 spiro atoms. The summed E-state index contributed by atoms with van der Waals surface area (Å²) in [4.78, 5) is 13.1. The summed E-state index contributed by atoms with van der Waals surface area (Å²) in [5.41, 5.74) is 0. The Balaban J connectivity index is 2.05. The number of carbonyl (C=O) groups is 1. The Morgan fingerprint density at radius 3 is 1.19 bits per heavy atom. The van der Waals surface area contributed by atoms with E-state index in [4.69, 9.17) is 9.47 Å².